The van der Waals surface area contributed by atoms with Crippen LogP contribution in [0, 0.1) is 0 Å². The van der Waals surface area contributed by atoms with Crippen LogP contribution in [0.1, 0.15) is 30.4 Å². The van der Waals surface area contributed by atoms with Gasteiger partial charge in [0.2, 0.25) is 5.91 Å². The zero-order valence-corrected chi connectivity index (χ0v) is 19.2. The minimum Gasteiger partial charge on any atom is -0.489 e. The van der Waals surface area contributed by atoms with Crippen molar-refractivity contribution in [1.29, 1.82) is 0 Å². The molecule has 0 unspecified atom stereocenters. The molecule has 0 fully saturated rings. The maximum absolute atomic E-state index is 12.3. The molecule has 0 radical (unpaired) electrons. The van der Waals surface area contributed by atoms with Crippen LogP contribution in [0.4, 0.5) is 13.2 Å². The van der Waals surface area contributed by atoms with Crippen molar-refractivity contribution < 1.29 is 27.5 Å². The van der Waals surface area contributed by atoms with E-state index in [0.29, 0.717) is 38.2 Å². The van der Waals surface area contributed by atoms with E-state index in [1.807, 2.05) is 54.6 Å². The van der Waals surface area contributed by atoms with Crippen LogP contribution in [0.2, 0.25) is 0 Å². The number of unbranched alkanes of at least 4 members (excludes halogenated alkanes) is 1. The summed E-state index contributed by atoms with van der Waals surface area (Å²) in [6.45, 7) is 0.508. The molecule has 2 amide bonds. The third kappa shape index (κ3) is 11.3. The highest BCUT2D eigenvalue weighted by Gasteiger charge is 2.38. The second-order valence-corrected chi connectivity index (χ2v) is 7.86. The van der Waals surface area contributed by atoms with Crippen LogP contribution in [-0.2, 0) is 22.6 Å². The molecular weight excluding hydrogens is 463 g/mol. The highest BCUT2D eigenvalue weighted by Crippen LogP contribution is 2.15. The molecule has 0 aromatic heterocycles. The molecule has 2 rings (SSSR count). The summed E-state index contributed by atoms with van der Waals surface area (Å²) in [5, 5.41) is 4.58. The summed E-state index contributed by atoms with van der Waals surface area (Å²) >= 11 is 0. The standard InChI is InChI=1S/C24H30F3N5O3/c25-24(26,27)22(34)31-15-19(32-23(28)29)8-4-5-13-30-21(33)14-17-9-11-20(12-10-17)35-16-18-6-2-1-3-7-18/h1-3,6-7,9-12,19H,4-5,8,13-16H2,(H,30,33)(H,31,34)(H4,28,29,32)/t19-/m0/s1. The lowest BCUT2D eigenvalue weighted by molar-refractivity contribution is -0.173. The summed E-state index contributed by atoms with van der Waals surface area (Å²) in [6.07, 6.45) is -3.31. The molecule has 0 aliphatic carbocycles. The average molecular weight is 494 g/mol. The minimum atomic E-state index is -4.97. The van der Waals surface area contributed by atoms with Gasteiger partial charge in [0, 0.05) is 13.1 Å². The molecule has 2 aromatic rings. The van der Waals surface area contributed by atoms with Gasteiger partial charge in [-0.3, -0.25) is 9.59 Å². The van der Waals surface area contributed by atoms with E-state index >= 15 is 0 Å². The molecule has 2 aromatic carbocycles. The molecule has 6 N–H and O–H groups in total. The van der Waals surface area contributed by atoms with Gasteiger partial charge in [-0.05, 0) is 42.5 Å². The molecule has 11 heteroatoms. The van der Waals surface area contributed by atoms with Gasteiger partial charge >= 0.3 is 12.1 Å². The molecule has 0 saturated heterocycles. The monoisotopic (exact) mass is 493 g/mol. The van der Waals surface area contributed by atoms with Gasteiger partial charge in [0.25, 0.3) is 0 Å². The molecule has 0 heterocycles. The van der Waals surface area contributed by atoms with Crippen LogP contribution in [0.25, 0.3) is 0 Å². The lowest BCUT2D eigenvalue weighted by atomic mass is 10.1. The van der Waals surface area contributed by atoms with Gasteiger partial charge in [0.15, 0.2) is 5.96 Å². The number of amides is 2. The summed E-state index contributed by atoms with van der Waals surface area (Å²) in [5.74, 6) is -1.77. The van der Waals surface area contributed by atoms with Crippen LogP contribution in [0.15, 0.2) is 59.6 Å². The Bertz CT molecular complexity index is 963. The Labute approximate surface area is 201 Å². The summed E-state index contributed by atoms with van der Waals surface area (Å²) in [5.41, 5.74) is 12.5. The fraction of sp³-hybridized carbons (Fsp3) is 0.375. The second kappa shape index (κ2) is 13.8. The average Bonchev–Trinajstić information content (AvgIpc) is 2.81. The number of hydrogen-bond acceptors (Lipinski definition) is 4. The molecule has 0 spiro atoms. The number of nitrogens with zero attached hydrogens (tertiary/aromatic N) is 1. The van der Waals surface area contributed by atoms with Crippen molar-refractivity contribution in [2.75, 3.05) is 13.1 Å². The molecular formula is C24H30F3N5O3. The minimum absolute atomic E-state index is 0.152. The van der Waals surface area contributed by atoms with Crippen molar-refractivity contribution in [2.45, 2.75) is 44.5 Å². The van der Waals surface area contributed by atoms with E-state index in [9.17, 15) is 22.8 Å². The molecule has 0 bridgehead atoms. The Morgan fingerprint density at radius 3 is 2.26 bits per heavy atom. The summed E-state index contributed by atoms with van der Waals surface area (Å²) in [7, 11) is 0. The van der Waals surface area contributed by atoms with E-state index in [2.05, 4.69) is 10.3 Å². The Morgan fingerprint density at radius 1 is 0.943 bits per heavy atom. The van der Waals surface area contributed by atoms with Gasteiger partial charge < -0.3 is 26.8 Å². The van der Waals surface area contributed by atoms with Crippen LogP contribution in [0.3, 0.4) is 0 Å². The number of benzene rings is 2. The molecule has 190 valence electrons. The van der Waals surface area contributed by atoms with E-state index in [0.717, 1.165) is 11.1 Å². The predicted molar refractivity (Wildman–Crippen MR) is 126 cm³/mol. The van der Waals surface area contributed by atoms with Crippen molar-refractivity contribution in [3.8, 4) is 5.75 Å². The first kappa shape index (κ1) is 27.5. The summed E-state index contributed by atoms with van der Waals surface area (Å²) < 4.78 is 42.7. The fourth-order valence-corrected chi connectivity index (χ4v) is 3.16. The van der Waals surface area contributed by atoms with E-state index in [4.69, 9.17) is 16.2 Å². The zero-order valence-electron chi connectivity index (χ0n) is 19.2. The number of carbonyl (C=O) groups excluding carboxylic acids is 2. The first-order valence-corrected chi connectivity index (χ1v) is 11.1. The predicted octanol–water partition coefficient (Wildman–Crippen LogP) is 2.42. The van der Waals surface area contributed by atoms with E-state index in [1.165, 1.54) is 0 Å². The maximum Gasteiger partial charge on any atom is 0.471 e. The van der Waals surface area contributed by atoms with Gasteiger partial charge in [0.1, 0.15) is 12.4 Å². The molecule has 1 atom stereocenters. The van der Waals surface area contributed by atoms with Gasteiger partial charge in [-0.25, -0.2) is 4.99 Å². The van der Waals surface area contributed by atoms with Crippen LogP contribution in [0.5, 0.6) is 5.75 Å². The quantitative estimate of drug-likeness (QED) is 0.193. The highest BCUT2D eigenvalue weighted by molar-refractivity contribution is 5.81. The van der Waals surface area contributed by atoms with Crippen LogP contribution >= 0.6 is 0 Å². The number of guanidine groups is 1. The summed E-state index contributed by atoms with van der Waals surface area (Å²) in [6, 6.07) is 16.4. The topological polar surface area (TPSA) is 132 Å². The van der Waals surface area contributed by atoms with E-state index < -0.39 is 18.1 Å². The number of rotatable bonds is 13. The maximum atomic E-state index is 12.3. The Kier molecular flexibility index (Phi) is 10.9. The number of halogens is 3. The Balaban J connectivity index is 1.66. The third-order valence-electron chi connectivity index (χ3n) is 4.91. The van der Waals surface area contributed by atoms with Crippen molar-refractivity contribution in [3.63, 3.8) is 0 Å². The van der Waals surface area contributed by atoms with Gasteiger partial charge in [-0.1, -0.05) is 42.5 Å². The summed E-state index contributed by atoms with van der Waals surface area (Å²) in [4.78, 5) is 27.0. The SMILES string of the molecule is NC(N)=N[C@@H](CCCCNC(=O)Cc1ccc(OCc2ccccc2)cc1)CNC(=O)C(F)(F)F. The lowest BCUT2D eigenvalue weighted by Crippen LogP contribution is -2.41. The zero-order chi connectivity index (χ0) is 25.7. The largest absolute Gasteiger partial charge is 0.489 e. The first-order valence-electron chi connectivity index (χ1n) is 11.1. The van der Waals surface area contributed by atoms with E-state index in [-0.39, 0.29) is 24.8 Å². The molecule has 0 saturated carbocycles. The normalized spacial score (nSPS) is 11.9. The molecule has 0 aliphatic heterocycles. The van der Waals surface area contributed by atoms with Crippen LogP contribution in [-0.4, -0.2) is 43.1 Å². The van der Waals surface area contributed by atoms with Crippen molar-refractivity contribution in [3.05, 3.63) is 65.7 Å². The lowest BCUT2D eigenvalue weighted by Gasteiger charge is -2.15. The molecule has 35 heavy (non-hydrogen) atoms. The Hall–Kier alpha value is -3.76. The smallest absolute Gasteiger partial charge is 0.471 e. The number of nitrogens with two attached hydrogens (primary N) is 2. The van der Waals surface area contributed by atoms with Crippen molar-refractivity contribution in [2.24, 2.45) is 16.5 Å². The van der Waals surface area contributed by atoms with Gasteiger partial charge in [-0.2, -0.15) is 13.2 Å². The highest BCUT2D eigenvalue weighted by atomic mass is 19.4. The molecule has 8 nitrogen and oxygen atoms in total. The Morgan fingerprint density at radius 2 is 1.63 bits per heavy atom. The first-order chi connectivity index (χ1) is 16.6. The number of alkyl halides is 3. The second-order valence-electron chi connectivity index (χ2n) is 7.86. The number of carbonyl (C=O) groups is 2. The molecule has 0 aliphatic rings. The fourth-order valence-electron chi connectivity index (χ4n) is 3.16. The van der Waals surface area contributed by atoms with Crippen molar-refractivity contribution >= 4 is 17.8 Å². The van der Waals surface area contributed by atoms with Gasteiger partial charge in [-0.15, -0.1) is 0 Å². The van der Waals surface area contributed by atoms with Crippen molar-refractivity contribution in [1.82, 2.24) is 10.6 Å². The number of aliphatic imine (C=N–C) groups is 1. The van der Waals surface area contributed by atoms with Gasteiger partial charge in [0.05, 0.1) is 12.5 Å². The third-order valence-corrected chi connectivity index (χ3v) is 4.91. The number of hydrogen-bond donors (Lipinski definition) is 4. The van der Waals surface area contributed by atoms with E-state index in [1.54, 1.807) is 5.32 Å². The number of nitrogens with one attached hydrogen (secondary N) is 2. The number of ether oxygens (including phenoxy) is 1. The van der Waals surface area contributed by atoms with Crippen LogP contribution < -0.4 is 26.8 Å².